The standard InChI is InChI=1S/C10H17NO6S/c1-3-4-16-10(13)11-6-9(5-8(11)7-12)17-18(2,14)15/h3,8-9,12H,1,4-7H2,2H3/t8-,9+/m0/s1. The van der Waals surface area contributed by atoms with Crippen LogP contribution >= 0.6 is 0 Å². The third-order valence-corrected chi connectivity index (χ3v) is 3.08. The maximum atomic E-state index is 11.6. The molecule has 1 rings (SSSR count). The van der Waals surface area contributed by atoms with Crippen molar-refractivity contribution < 1.29 is 27.2 Å². The van der Waals surface area contributed by atoms with Crippen LogP contribution in [0.15, 0.2) is 12.7 Å². The maximum Gasteiger partial charge on any atom is 0.410 e. The Kier molecular flexibility index (Phi) is 5.12. The van der Waals surface area contributed by atoms with Crippen molar-refractivity contribution in [1.29, 1.82) is 0 Å². The molecule has 1 aliphatic heterocycles. The lowest BCUT2D eigenvalue weighted by atomic mass is 10.2. The summed E-state index contributed by atoms with van der Waals surface area (Å²) in [6, 6.07) is -0.492. The molecule has 0 aromatic carbocycles. The quantitative estimate of drug-likeness (QED) is 0.549. The van der Waals surface area contributed by atoms with Gasteiger partial charge in [0.15, 0.2) is 0 Å². The zero-order valence-corrected chi connectivity index (χ0v) is 10.9. The Balaban J connectivity index is 2.63. The summed E-state index contributed by atoms with van der Waals surface area (Å²) >= 11 is 0. The number of carbonyl (C=O) groups is 1. The first-order valence-corrected chi connectivity index (χ1v) is 7.22. The molecule has 18 heavy (non-hydrogen) atoms. The number of rotatable bonds is 5. The van der Waals surface area contributed by atoms with Crippen LogP contribution in [0.3, 0.4) is 0 Å². The van der Waals surface area contributed by atoms with E-state index in [1.807, 2.05) is 0 Å². The molecule has 0 saturated carbocycles. The second-order valence-corrected chi connectivity index (χ2v) is 5.61. The Morgan fingerprint density at radius 2 is 2.28 bits per heavy atom. The van der Waals surface area contributed by atoms with E-state index >= 15 is 0 Å². The molecule has 0 radical (unpaired) electrons. The fraction of sp³-hybridized carbons (Fsp3) is 0.700. The van der Waals surface area contributed by atoms with Crippen LogP contribution in [0, 0.1) is 0 Å². The van der Waals surface area contributed by atoms with Crippen LogP contribution in [-0.2, 0) is 19.0 Å². The molecule has 0 bridgehead atoms. The molecule has 1 heterocycles. The first kappa shape index (κ1) is 14.9. The first-order chi connectivity index (χ1) is 8.37. The van der Waals surface area contributed by atoms with Crippen LogP contribution in [0.5, 0.6) is 0 Å². The van der Waals surface area contributed by atoms with Gasteiger partial charge < -0.3 is 14.7 Å². The molecule has 1 aliphatic rings. The van der Waals surface area contributed by atoms with E-state index in [-0.39, 0.29) is 26.2 Å². The van der Waals surface area contributed by atoms with Gasteiger partial charge in [0.2, 0.25) is 0 Å². The Labute approximate surface area is 106 Å². The van der Waals surface area contributed by atoms with E-state index < -0.39 is 28.4 Å². The Morgan fingerprint density at radius 1 is 1.61 bits per heavy atom. The summed E-state index contributed by atoms with van der Waals surface area (Å²) in [7, 11) is -3.58. The SMILES string of the molecule is C=CCOC(=O)N1C[C@H](OS(C)(=O)=O)C[C@H]1CO. The summed E-state index contributed by atoms with van der Waals surface area (Å²) in [6.07, 6.45) is 1.36. The molecule has 1 N–H and O–H groups in total. The molecular weight excluding hydrogens is 262 g/mol. The number of carbonyl (C=O) groups excluding carboxylic acids is 1. The topological polar surface area (TPSA) is 93.1 Å². The molecule has 1 fully saturated rings. The molecule has 8 heteroatoms. The minimum Gasteiger partial charge on any atom is -0.445 e. The van der Waals surface area contributed by atoms with Crippen LogP contribution in [0.4, 0.5) is 4.79 Å². The smallest absolute Gasteiger partial charge is 0.410 e. The third kappa shape index (κ3) is 4.28. The molecule has 104 valence electrons. The highest BCUT2D eigenvalue weighted by molar-refractivity contribution is 7.86. The number of nitrogens with zero attached hydrogens (tertiary/aromatic N) is 1. The van der Waals surface area contributed by atoms with Crippen molar-refractivity contribution in [2.24, 2.45) is 0 Å². The molecule has 0 unspecified atom stereocenters. The van der Waals surface area contributed by atoms with Gasteiger partial charge in [-0.1, -0.05) is 12.7 Å². The predicted molar refractivity (Wildman–Crippen MR) is 63.5 cm³/mol. The Morgan fingerprint density at radius 3 is 2.78 bits per heavy atom. The largest absolute Gasteiger partial charge is 0.445 e. The lowest BCUT2D eigenvalue weighted by Gasteiger charge is -2.21. The van der Waals surface area contributed by atoms with Gasteiger partial charge in [-0.25, -0.2) is 4.79 Å². The van der Waals surface area contributed by atoms with Gasteiger partial charge in [-0.3, -0.25) is 4.18 Å². The fourth-order valence-corrected chi connectivity index (χ4v) is 2.43. The second-order valence-electron chi connectivity index (χ2n) is 4.01. The van der Waals surface area contributed by atoms with Gasteiger partial charge in [-0.2, -0.15) is 8.42 Å². The summed E-state index contributed by atoms with van der Waals surface area (Å²) in [5, 5.41) is 9.15. The number of hydrogen-bond acceptors (Lipinski definition) is 6. The van der Waals surface area contributed by atoms with E-state index in [1.54, 1.807) is 0 Å². The number of amides is 1. The summed E-state index contributed by atoms with van der Waals surface area (Å²) < 4.78 is 31.6. The van der Waals surface area contributed by atoms with Crippen molar-refractivity contribution in [3.8, 4) is 0 Å². The average Bonchev–Trinajstić information content (AvgIpc) is 2.66. The summed E-state index contributed by atoms with van der Waals surface area (Å²) in [6.45, 7) is 3.28. The number of hydrogen-bond donors (Lipinski definition) is 1. The van der Waals surface area contributed by atoms with Crippen molar-refractivity contribution in [1.82, 2.24) is 4.90 Å². The van der Waals surface area contributed by atoms with Crippen LogP contribution in [-0.4, -0.2) is 62.7 Å². The Bertz CT molecular complexity index is 407. The van der Waals surface area contributed by atoms with Crippen LogP contribution in [0.2, 0.25) is 0 Å². The molecule has 0 aliphatic carbocycles. The fourth-order valence-electron chi connectivity index (χ4n) is 1.80. The monoisotopic (exact) mass is 279 g/mol. The van der Waals surface area contributed by atoms with Gasteiger partial charge >= 0.3 is 6.09 Å². The van der Waals surface area contributed by atoms with Crippen molar-refractivity contribution in [2.75, 3.05) is 26.0 Å². The molecule has 2 atom stereocenters. The lowest BCUT2D eigenvalue weighted by Crippen LogP contribution is -2.38. The number of aliphatic hydroxyl groups is 1. The molecule has 1 amide bonds. The van der Waals surface area contributed by atoms with Crippen LogP contribution < -0.4 is 0 Å². The van der Waals surface area contributed by atoms with Crippen LogP contribution in [0.25, 0.3) is 0 Å². The van der Waals surface area contributed by atoms with Crippen molar-refractivity contribution >= 4 is 16.2 Å². The lowest BCUT2D eigenvalue weighted by molar-refractivity contribution is 0.0909. The average molecular weight is 279 g/mol. The minimum absolute atomic E-state index is 0.0606. The molecule has 0 aromatic rings. The molecular formula is C10H17NO6S. The molecule has 1 saturated heterocycles. The molecule has 0 aromatic heterocycles. The minimum atomic E-state index is -3.58. The summed E-state index contributed by atoms with van der Waals surface area (Å²) in [4.78, 5) is 12.9. The number of likely N-dealkylation sites (tertiary alicyclic amines) is 1. The van der Waals surface area contributed by atoms with Gasteiger partial charge in [0.05, 0.1) is 31.6 Å². The molecule has 0 spiro atoms. The first-order valence-electron chi connectivity index (χ1n) is 5.40. The van der Waals surface area contributed by atoms with Gasteiger partial charge in [0.1, 0.15) is 6.61 Å². The van der Waals surface area contributed by atoms with Gasteiger partial charge in [-0.05, 0) is 6.42 Å². The van der Waals surface area contributed by atoms with E-state index in [0.717, 1.165) is 6.26 Å². The van der Waals surface area contributed by atoms with Gasteiger partial charge in [0, 0.05) is 0 Å². The summed E-state index contributed by atoms with van der Waals surface area (Å²) in [5.74, 6) is 0. The van der Waals surface area contributed by atoms with Gasteiger partial charge in [-0.15, -0.1) is 0 Å². The third-order valence-electron chi connectivity index (χ3n) is 2.46. The van der Waals surface area contributed by atoms with Crippen molar-refractivity contribution in [2.45, 2.75) is 18.6 Å². The zero-order valence-electron chi connectivity index (χ0n) is 10.1. The number of ether oxygens (including phenoxy) is 1. The van der Waals surface area contributed by atoms with Crippen LogP contribution in [0.1, 0.15) is 6.42 Å². The van der Waals surface area contributed by atoms with Gasteiger partial charge in [0.25, 0.3) is 10.1 Å². The van der Waals surface area contributed by atoms with E-state index in [1.165, 1.54) is 11.0 Å². The summed E-state index contributed by atoms with van der Waals surface area (Å²) in [5.41, 5.74) is 0. The predicted octanol–water partition coefficient (Wildman–Crippen LogP) is -0.280. The highest BCUT2D eigenvalue weighted by Crippen LogP contribution is 2.22. The van der Waals surface area contributed by atoms with E-state index in [4.69, 9.17) is 14.0 Å². The maximum absolute atomic E-state index is 11.6. The van der Waals surface area contributed by atoms with E-state index in [2.05, 4.69) is 6.58 Å². The van der Waals surface area contributed by atoms with E-state index in [0.29, 0.717) is 0 Å². The molecule has 7 nitrogen and oxygen atoms in total. The van der Waals surface area contributed by atoms with Crippen molar-refractivity contribution in [3.05, 3.63) is 12.7 Å². The normalized spacial score (nSPS) is 24.0. The zero-order chi connectivity index (χ0) is 13.8. The van der Waals surface area contributed by atoms with Crippen molar-refractivity contribution in [3.63, 3.8) is 0 Å². The highest BCUT2D eigenvalue weighted by atomic mass is 32.2. The van der Waals surface area contributed by atoms with E-state index in [9.17, 15) is 13.2 Å². The number of aliphatic hydroxyl groups excluding tert-OH is 1. The Hall–Kier alpha value is -1.12. The second kappa shape index (κ2) is 6.17. The highest BCUT2D eigenvalue weighted by Gasteiger charge is 2.37.